The number of hydrogen-bond donors (Lipinski definition) is 1. The van der Waals surface area contributed by atoms with Gasteiger partial charge in [-0.15, -0.1) is 12.4 Å². The van der Waals surface area contributed by atoms with Crippen molar-refractivity contribution in [3.63, 3.8) is 0 Å². The van der Waals surface area contributed by atoms with E-state index in [1.807, 2.05) is 11.8 Å². The van der Waals surface area contributed by atoms with Crippen molar-refractivity contribution in [3.8, 4) is 0 Å². The average molecular weight is 238 g/mol. The van der Waals surface area contributed by atoms with Crippen LogP contribution in [0, 0.1) is 0 Å². The standard InChI is InChI=1S/C10H19NO3.ClH/c1-3-8-7-11(5-6-14-8)9(4-2)10(12)13;/h8-9H,3-7H2,1-2H3,(H,12,13);1H. The molecule has 2 atom stereocenters. The molecule has 0 aromatic rings. The molecule has 4 nitrogen and oxygen atoms in total. The Labute approximate surface area is 97.0 Å². The van der Waals surface area contributed by atoms with Crippen LogP contribution >= 0.6 is 12.4 Å². The summed E-state index contributed by atoms with van der Waals surface area (Å²) in [6, 6.07) is -0.340. The molecule has 90 valence electrons. The summed E-state index contributed by atoms with van der Waals surface area (Å²) in [6.45, 7) is 6.12. The maximum atomic E-state index is 10.9. The Balaban J connectivity index is 0.00000196. The molecular formula is C10H20ClNO3. The molecule has 0 aromatic heterocycles. The number of morpholine rings is 1. The van der Waals surface area contributed by atoms with Crippen LogP contribution in [0.15, 0.2) is 0 Å². The van der Waals surface area contributed by atoms with Gasteiger partial charge in [0.1, 0.15) is 6.04 Å². The summed E-state index contributed by atoms with van der Waals surface area (Å²) in [5.41, 5.74) is 0. The maximum Gasteiger partial charge on any atom is 0.320 e. The smallest absolute Gasteiger partial charge is 0.320 e. The van der Waals surface area contributed by atoms with E-state index in [4.69, 9.17) is 9.84 Å². The molecule has 15 heavy (non-hydrogen) atoms. The molecule has 1 rings (SSSR count). The second-order valence-corrected chi connectivity index (χ2v) is 3.66. The topological polar surface area (TPSA) is 49.8 Å². The van der Waals surface area contributed by atoms with Crippen molar-refractivity contribution in [2.24, 2.45) is 0 Å². The van der Waals surface area contributed by atoms with Crippen LogP contribution in [0.1, 0.15) is 26.7 Å². The predicted octanol–water partition coefficient (Wildman–Crippen LogP) is 1.38. The first-order chi connectivity index (χ1) is 6.69. The van der Waals surface area contributed by atoms with Crippen molar-refractivity contribution in [2.45, 2.75) is 38.8 Å². The largest absolute Gasteiger partial charge is 0.480 e. The summed E-state index contributed by atoms with van der Waals surface area (Å²) in [5.74, 6) is -0.718. The van der Waals surface area contributed by atoms with E-state index in [2.05, 4.69) is 6.92 Å². The lowest BCUT2D eigenvalue weighted by molar-refractivity contribution is -0.146. The molecule has 0 radical (unpaired) electrons. The summed E-state index contributed by atoms with van der Waals surface area (Å²) in [6.07, 6.45) is 1.82. The zero-order chi connectivity index (χ0) is 10.6. The minimum atomic E-state index is -0.718. The van der Waals surface area contributed by atoms with Crippen molar-refractivity contribution >= 4 is 18.4 Å². The average Bonchev–Trinajstić information content (AvgIpc) is 2.19. The van der Waals surface area contributed by atoms with Gasteiger partial charge in [-0.2, -0.15) is 0 Å². The van der Waals surface area contributed by atoms with Gasteiger partial charge in [0, 0.05) is 13.1 Å². The number of aliphatic carboxylic acids is 1. The Morgan fingerprint density at radius 2 is 2.27 bits per heavy atom. The molecule has 1 saturated heterocycles. The van der Waals surface area contributed by atoms with Gasteiger partial charge in [0.25, 0.3) is 0 Å². The Morgan fingerprint density at radius 1 is 1.60 bits per heavy atom. The molecular weight excluding hydrogens is 218 g/mol. The zero-order valence-electron chi connectivity index (χ0n) is 9.31. The van der Waals surface area contributed by atoms with E-state index in [0.717, 1.165) is 19.5 Å². The maximum absolute atomic E-state index is 10.9. The van der Waals surface area contributed by atoms with E-state index in [0.29, 0.717) is 13.0 Å². The molecule has 0 spiro atoms. The molecule has 5 heteroatoms. The number of nitrogens with zero attached hydrogens (tertiary/aromatic N) is 1. The van der Waals surface area contributed by atoms with E-state index in [1.54, 1.807) is 0 Å². The van der Waals surface area contributed by atoms with Crippen molar-refractivity contribution in [2.75, 3.05) is 19.7 Å². The van der Waals surface area contributed by atoms with E-state index in [1.165, 1.54) is 0 Å². The lowest BCUT2D eigenvalue weighted by Gasteiger charge is -2.35. The number of rotatable bonds is 4. The molecule has 0 amide bonds. The number of carbonyl (C=O) groups is 1. The van der Waals surface area contributed by atoms with E-state index in [-0.39, 0.29) is 24.6 Å². The van der Waals surface area contributed by atoms with Gasteiger partial charge in [-0.3, -0.25) is 9.69 Å². The first-order valence-corrected chi connectivity index (χ1v) is 5.27. The summed E-state index contributed by atoms with van der Waals surface area (Å²) in [4.78, 5) is 13.0. The van der Waals surface area contributed by atoms with Crippen LogP contribution < -0.4 is 0 Å². The van der Waals surface area contributed by atoms with Crippen LogP contribution in [-0.4, -0.2) is 47.8 Å². The first kappa shape index (κ1) is 14.7. The highest BCUT2D eigenvalue weighted by molar-refractivity contribution is 5.85. The fourth-order valence-corrected chi connectivity index (χ4v) is 1.86. The predicted molar refractivity (Wildman–Crippen MR) is 60.6 cm³/mol. The van der Waals surface area contributed by atoms with Crippen molar-refractivity contribution in [1.82, 2.24) is 4.90 Å². The Kier molecular flexibility index (Phi) is 6.89. The number of halogens is 1. The summed E-state index contributed by atoms with van der Waals surface area (Å²) in [7, 11) is 0. The van der Waals surface area contributed by atoms with Crippen LogP contribution in [0.5, 0.6) is 0 Å². The second-order valence-electron chi connectivity index (χ2n) is 3.66. The molecule has 1 fully saturated rings. The molecule has 0 bridgehead atoms. The lowest BCUT2D eigenvalue weighted by atomic mass is 10.1. The summed E-state index contributed by atoms with van der Waals surface area (Å²) in [5, 5.41) is 9.00. The molecule has 1 N–H and O–H groups in total. The van der Waals surface area contributed by atoms with Crippen LogP contribution in [0.3, 0.4) is 0 Å². The highest BCUT2D eigenvalue weighted by Gasteiger charge is 2.28. The highest BCUT2D eigenvalue weighted by atomic mass is 35.5. The monoisotopic (exact) mass is 237 g/mol. The van der Waals surface area contributed by atoms with Crippen LogP contribution in [0.25, 0.3) is 0 Å². The van der Waals surface area contributed by atoms with Crippen LogP contribution in [-0.2, 0) is 9.53 Å². The normalized spacial score (nSPS) is 24.3. The molecule has 1 heterocycles. The van der Waals surface area contributed by atoms with Gasteiger partial charge >= 0.3 is 5.97 Å². The van der Waals surface area contributed by atoms with Gasteiger partial charge in [-0.25, -0.2) is 0 Å². The van der Waals surface area contributed by atoms with E-state index >= 15 is 0 Å². The lowest BCUT2D eigenvalue weighted by Crippen LogP contribution is -2.50. The Hall–Kier alpha value is -0.320. The number of ether oxygens (including phenoxy) is 1. The van der Waals surface area contributed by atoms with Crippen LogP contribution in [0.4, 0.5) is 0 Å². The third-order valence-electron chi connectivity index (χ3n) is 2.74. The quantitative estimate of drug-likeness (QED) is 0.803. The first-order valence-electron chi connectivity index (χ1n) is 5.27. The highest BCUT2D eigenvalue weighted by Crippen LogP contribution is 2.13. The minimum Gasteiger partial charge on any atom is -0.480 e. The van der Waals surface area contributed by atoms with E-state index < -0.39 is 5.97 Å². The van der Waals surface area contributed by atoms with Gasteiger partial charge < -0.3 is 9.84 Å². The van der Waals surface area contributed by atoms with Gasteiger partial charge in [-0.1, -0.05) is 13.8 Å². The van der Waals surface area contributed by atoms with Crippen molar-refractivity contribution < 1.29 is 14.6 Å². The van der Waals surface area contributed by atoms with Crippen LogP contribution in [0.2, 0.25) is 0 Å². The fourth-order valence-electron chi connectivity index (χ4n) is 1.86. The minimum absolute atomic E-state index is 0. The second kappa shape index (κ2) is 7.04. The molecule has 1 aliphatic heterocycles. The Bertz CT molecular complexity index is 201. The van der Waals surface area contributed by atoms with Gasteiger partial charge in [0.2, 0.25) is 0 Å². The Morgan fingerprint density at radius 3 is 2.73 bits per heavy atom. The third kappa shape index (κ3) is 3.97. The third-order valence-corrected chi connectivity index (χ3v) is 2.74. The van der Waals surface area contributed by atoms with Gasteiger partial charge in [0.15, 0.2) is 0 Å². The number of carboxylic acids is 1. The molecule has 0 aliphatic carbocycles. The zero-order valence-corrected chi connectivity index (χ0v) is 10.1. The molecule has 0 aromatic carbocycles. The van der Waals surface area contributed by atoms with Gasteiger partial charge in [-0.05, 0) is 12.8 Å². The SMILES string of the molecule is CCC1CN(C(CC)C(=O)O)CCO1.Cl. The fraction of sp³-hybridized carbons (Fsp3) is 0.900. The molecule has 0 saturated carbocycles. The van der Waals surface area contributed by atoms with Gasteiger partial charge in [0.05, 0.1) is 12.7 Å². The summed E-state index contributed by atoms with van der Waals surface area (Å²) < 4.78 is 5.50. The summed E-state index contributed by atoms with van der Waals surface area (Å²) >= 11 is 0. The molecule has 1 aliphatic rings. The van der Waals surface area contributed by atoms with E-state index in [9.17, 15) is 4.79 Å². The van der Waals surface area contributed by atoms with Crippen molar-refractivity contribution in [1.29, 1.82) is 0 Å². The number of hydrogen-bond acceptors (Lipinski definition) is 3. The molecule has 2 unspecified atom stereocenters. The van der Waals surface area contributed by atoms with Crippen molar-refractivity contribution in [3.05, 3.63) is 0 Å². The number of carboxylic acid groups (broad SMARTS) is 1.